The van der Waals surface area contributed by atoms with Crippen molar-refractivity contribution in [3.63, 3.8) is 0 Å². The highest BCUT2D eigenvalue weighted by molar-refractivity contribution is 7.80. The van der Waals surface area contributed by atoms with E-state index in [1.165, 1.54) is 12.1 Å². The normalized spacial score (nSPS) is 10.3. The van der Waals surface area contributed by atoms with E-state index in [2.05, 4.69) is 10.6 Å². The molecule has 120 valence electrons. The minimum absolute atomic E-state index is 0.0604. The number of nitro benzene ring substituents is 1. The number of fused-ring (bicyclic) bond motifs is 1. The van der Waals surface area contributed by atoms with E-state index in [0.29, 0.717) is 5.58 Å². The predicted octanol–water partition coefficient (Wildman–Crippen LogP) is 3.47. The molecule has 0 bridgehead atoms. The van der Waals surface area contributed by atoms with Crippen LogP contribution in [0.1, 0.15) is 10.6 Å². The van der Waals surface area contributed by atoms with Crippen molar-refractivity contribution >= 4 is 45.6 Å². The molecule has 1 aromatic heterocycles. The van der Waals surface area contributed by atoms with Crippen molar-refractivity contribution in [2.45, 2.75) is 0 Å². The van der Waals surface area contributed by atoms with Crippen molar-refractivity contribution in [2.24, 2.45) is 0 Å². The van der Waals surface area contributed by atoms with Crippen molar-refractivity contribution in [3.8, 4) is 0 Å². The van der Waals surface area contributed by atoms with Gasteiger partial charge in [0.1, 0.15) is 11.3 Å². The van der Waals surface area contributed by atoms with Crippen molar-refractivity contribution in [1.29, 1.82) is 0 Å². The Morgan fingerprint density at radius 3 is 2.58 bits per heavy atom. The second-order valence-corrected chi connectivity index (χ2v) is 5.24. The zero-order valence-corrected chi connectivity index (χ0v) is 13.0. The summed E-state index contributed by atoms with van der Waals surface area (Å²) in [6.07, 6.45) is 0. The molecule has 0 saturated carbocycles. The van der Waals surface area contributed by atoms with Crippen LogP contribution in [-0.4, -0.2) is 15.9 Å². The Labute approximate surface area is 141 Å². The number of thiocarbonyl (C=S) groups is 1. The maximum absolute atomic E-state index is 12.2. The standard InChI is InChI=1S/C16H11N3O4S/c20-15(14-9-10-5-1-4-8-13(10)23-14)18-16(24)17-11-6-2-3-7-12(11)19(21)22/h1-9H,(H2,17,18,20,24). The molecule has 0 aliphatic rings. The smallest absolute Gasteiger partial charge is 0.293 e. The van der Waals surface area contributed by atoms with E-state index >= 15 is 0 Å². The first-order chi connectivity index (χ1) is 11.5. The number of amides is 1. The molecule has 24 heavy (non-hydrogen) atoms. The molecule has 0 aliphatic heterocycles. The molecule has 2 aromatic carbocycles. The molecule has 0 atom stereocenters. The first kappa shape index (κ1) is 15.6. The summed E-state index contributed by atoms with van der Waals surface area (Å²) in [6, 6.07) is 14.8. The second-order valence-electron chi connectivity index (χ2n) is 4.83. The van der Waals surface area contributed by atoms with E-state index < -0.39 is 10.8 Å². The van der Waals surface area contributed by atoms with Crippen LogP contribution in [0.3, 0.4) is 0 Å². The second kappa shape index (κ2) is 6.47. The first-order valence-electron chi connectivity index (χ1n) is 6.89. The largest absolute Gasteiger partial charge is 0.451 e. The Bertz CT molecular complexity index is 918. The number of benzene rings is 2. The molecule has 0 radical (unpaired) electrons. The molecule has 7 nitrogen and oxygen atoms in total. The number of anilines is 1. The number of carbonyl (C=O) groups is 1. The molecule has 3 aromatic rings. The molecule has 0 saturated heterocycles. The molecular weight excluding hydrogens is 330 g/mol. The Kier molecular flexibility index (Phi) is 4.21. The number of nitrogens with one attached hydrogen (secondary N) is 2. The van der Waals surface area contributed by atoms with Gasteiger partial charge in [0.25, 0.3) is 11.6 Å². The number of furan rings is 1. The number of hydrogen-bond donors (Lipinski definition) is 2. The SMILES string of the molecule is O=C(NC(=S)Nc1ccccc1[N+](=O)[O-])c1cc2ccccc2o1. The molecule has 0 spiro atoms. The zero-order chi connectivity index (χ0) is 17.1. The van der Waals surface area contributed by atoms with Gasteiger partial charge in [0.05, 0.1) is 4.92 Å². The third kappa shape index (κ3) is 3.23. The van der Waals surface area contributed by atoms with Gasteiger partial charge in [-0.3, -0.25) is 20.2 Å². The summed E-state index contributed by atoms with van der Waals surface area (Å²) in [5, 5.41) is 16.8. The number of rotatable bonds is 3. The van der Waals surface area contributed by atoms with Gasteiger partial charge in [-0.25, -0.2) is 0 Å². The van der Waals surface area contributed by atoms with Gasteiger partial charge < -0.3 is 9.73 Å². The van der Waals surface area contributed by atoms with Crippen molar-refractivity contribution in [3.05, 3.63) is 70.5 Å². The summed E-state index contributed by atoms with van der Waals surface area (Å²) in [6.45, 7) is 0. The minimum Gasteiger partial charge on any atom is -0.451 e. The van der Waals surface area contributed by atoms with Gasteiger partial charge in [0.2, 0.25) is 0 Å². The van der Waals surface area contributed by atoms with Gasteiger partial charge in [-0.15, -0.1) is 0 Å². The Morgan fingerprint density at radius 2 is 1.83 bits per heavy atom. The summed E-state index contributed by atoms with van der Waals surface area (Å²) in [5.41, 5.74) is 0.635. The summed E-state index contributed by atoms with van der Waals surface area (Å²) >= 11 is 5.03. The average Bonchev–Trinajstić information content (AvgIpc) is 2.99. The number of hydrogen-bond acceptors (Lipinski definition) is 5. The quantitative estimate of drug-likeness (QED) is 0.430. The zero-order valence-electron chi connectivity index (χ0n) is 12.2. The van der Waals surface area contributed by atoms with Crippen molar-refractivity contribution in [1.82, 2.24) is 5.32 Å². The van der Waals surface area contributed by atoms with Crippen LogP contribution in [0.2, 0.25) is 0 Å². The fraction of sp³-hybridized carbons (Fsp3) is 0. The minimum atomic E-state index is -0.540. The lowest BCUT2D eigenvalue weighted by molar-refractivity contribution is -0.383. The summed E-state index contributed by atoms with van der Waals surface area (Å²) in [7, 11) is 0. The molecule has 0 aliphatic carbocycles. The summed E-state index contributed by atoms with van der Waals surface area (Å²) in [4.78, 5) is 22.6. The fourth-order valence-corrected chi connectivity index (χ4v) is 2.35. The maximum atomic E-state index is 12.2. The number of nitrogens with zero attached hydrogens (tertiary/aromatic N) is 1. The predicted molar refractivity (Wildman–Crippen MR) is 93.0 cm³/mol. The van der Waals surface area contributed by atoms with Crippen LogP contribution in [0.25, 0.3) is 11.0 Å². The van der Waals surface area contributed by atoms with Gasteiger partial charge in [0, 0.05) is 11.5 Å². The lowest BCUT2D eigenvalue weighted by Gasteiger charge is -2.08. The third-order valence-electron chi connectivity index (χ3n) is 3.23. The Morgan fingerprint density at radius 1 is 1.12 bits per heavy atom. The highest BCUT2D eigenvalue weighted by Crippen LogP contribution is 2.23. The van der Waals surface area contributed by atoms with E-state index in [4.69, 9.17) is 16.6 Å². The number of nitro groups is 1. The number of para-hydroxylation sites is 3. The Balaban J connectivity index is 1.73. The van der Waals surface area contributed by atoms with Crippen LogP contribution < -0.4 is 10.6 Å². The van der Waals surface area contributed by atoms with E-state index in [1.54, 1.807) is 30.3 Å². The van der Waals surface area contributed by atoms with E-state index in [-0.39, 0.29) is 22.2 Å². The molecule has 2 N–H and O–H groups in total. The van der Waals surface area contributed by atoms with Crippen molar-refractivity contribution in [2.75, 3.05) is 5.32 Å². The van der Waals surface area contributed by atoms with E-state index in [1.807, 2.05) is 12.1 Å². The fourth-order valence-electron chi connectivity index (χ4n) is 2.15. The van der Waals surface area contributed by atoms with Gasteiger partial charge in [-0.05, 0) is 30.4 Å². The Hall–Kier alpha value is -3.26. The monoisotopic (exact) mass is 341 g/mol. The van der Waals surface area contributed by atoms with Crippen LogP contribution in [0.15, 0.2) is 59.0 Å². The molecule has 1 amide bonds. The van der Waals surface area contributed by atoms with Crippen LogP contribution in [0.5, 0.6) is 0 Å². The summed E-state index contributed by atoms with van der Waals surface area (Å²) < 4.78 is 5.44. The van der Waals surface area contributed by atoms with E-state index in [9.17, 15) is 14.9 Å². The molecule has 0 fully saturated rings. The maximum Gasteiger partial charge on any atom is 0.293 e. The molecule has 8 heteroatoms. The van der Waals surface area contributed by atoms with Gasteiger partial charge in [-0.1, -0.05) is 30.3 Å². The van der Waals surface area contributed by atoms with Crippen LogP contribution in [0, 0.1) is 10.1 Å². The average molecular weight is 341 g/mol. The van der Waals surface area contributed by atoms with E-state index in [0.717, 1.165) is 5.39 Å². The molecule has 0 unspecified atom stereocenters. The topological polar surface area (TPSA) is 97.4 Å². The highest BCUT2D eigenvalue weighted by Gasteiger charge is 2.16. The van der Waals surface area contributed by atoms with Gasteiger partial charge in [0.15, 0.2) is 10.9 Å². The molecular formula is C16H11N3O4S. The number of carbonyl (C=O) groups excluding carboxylic acids is 1. The van der Waals surface area contributed by atoms with Crippen LogP contribution >= 0.6 is 12.2 Å². The third-order valence-corrected chi connectivity index (χ3v) is 3.43. The van der Waals surface area contributed by atoms with Gasteiger partial charge >= 0.3 is 0 Å². The molecule has 1 heterocycles. The summed E-state index contributed by atoms with van der Waals surface area (Å²) in [5.74, 6) is -0.440. The van der Waals surface area contributed by atoms with Crippen molar-refractivity contribution < 1.29 is 14.1 Å². The van der Waals surface area contributed by atoms with Crippen LogP contribution in [0.4, 0.5) is 11.4 Å². The molecule has 3 rings (SSSR count). The van der Waals surface area contributed by atoms with Gasteiger partial charge in [-0.2, -0.15) is 0 Å². The lowest BCUT2D eigenvalue weighted by Crippen LogP contribution is -2.34. The van der Waals surface area contributed by atoms with Crippen LogP contribution in [-0.2, 0) is 0 Å². The lowest BCUT2D eigenvalue weighted by atomic mass is 10.2. The highest BCUT2D eigenvalue weighted by atomic mass is 32.1. The first-order valence-corrected chi connectivity index (χ1v) is 7.30.